The van der Waals surface area contributed by atoms with E-state index < -0.39 is 5.97 Å². The number of carbonyl (C=O) groups excluding carboxylic acids is 1. The van der Waals surface area contributed by atoms with E-state index in [1.54, 1.807) is 19.1 Å². The summed E-state index contributed by atoms with van der Waals surface area (Å²) in [5.74, 6) is -0.594. The number of nitrogens with two attached hydrogens (primary N) is 1. The zero-order valence-corrected chi connectivity index (χ0v) is 9.07. The molecule has 0 aliphatic heterocycles. The van der Waals surface area contributed by atoms with Crippen LogP contribution < -0.4 is 5.73 Å². The van der Waals surface area contributed by atoms with Crippen LogP contribution in [-0.4, -0.2) is 18.3 Å². The first-order valence-corrected chi connectivity index (χ1v) is 4.93. The number of hydrogen-bond acceptors (Lipinski definition) is 4. The summed E-state index contributed by atoms with van der Waals surface area (Å²) in [6, 6.07) is 9.04. The van der Waals surface area contributed by atoms with E-state index in [-0.39, 0.29) is 18.0 Å². The van der Waals surface area contributed by atoms with Gasteiger partial charge in [-0.25, -0.2) is 4.79 Å². The number of allylic oxidation sites excluding steroid dienone is 1. The molecule has 0 spiro atoms. The summed E-state index contributed by atoms with van der Waals surface area (Å²) in [6.07, 6.45) is 1.30. The molecule has 0 bridgehead atoms. The first kappa shape index (κ1) is 12.0. The van der Waals surface area contributed by atoms with E-state index in [4.69, 9.17) is 15.9 Å². The maximum atomic E-state index is 11.2. The van der Waals surface area contributed by atoms with Crippen LogP contribution in [0.5, 0.6) is 0 Å². The van der Waals surface area contributed by atoms with Crippen molar-refractivity contribution in [1.82, 2.24) is 0 Å². The second-order valence-electron chi connectivity index (χ2n) is 3.10. The lowest BCUT2D eigenvalue weighted by molar-refractivity contribution is -0.138. The van der Waals surface area contributed by atoms with Crippen LogP contribution in [0.4, 0.5) is 0 Å². The molecular weight excluding hydrogens is 204 g/mol. The fraction of sp³-hybridized carbons (Fsp3) is 0.167. The molecule has 4 nitrogen and oxygen atoms in total. The molecule has 0 aliphatic carbocycles. The Balaban J connectivity index is 2.77. The fourth-order valence-electron chi connectivity index (χ4n) is 1.13. The van der Waals surface area contributed by atoms with Gasteiger partial charge in [0.05, 0.1) is 12.3 Å². The number of rotatable bonds is 4. The van der Waals surface area contributed by atoms with Gasteiger partial charge in [0.2, 0.25) is 0 Å². The van der Waals surface area contributed by atoms with E-state index in [9.17, 15) is 4.79 Å². The third kappa shape index (κ3) is 3.24. The highest BCUT2D eigenvalue weighted by atomic mass is 16.5. The molecule has 0 heterocycles. The van der Waals surface area contributed by atoms with E-state index >= 15 is 0 Å². The van der Waals surface area contributed by atoms with Crippen molar-refractivity contribution in [3.63, 3.8) is 0 Å². The Hall–Kier alpha value is -2.10. The van der Waals surface area contributed by atoms with Crippen molar-refractivity contribution in [3.05, 3.63) is 47.7 Å². The molecule has 1 rings (SSSR count). The van der Waals surface area contributed by atoms with Crippen molar-refractivity contribution in [3.8, 4) is 0 Å². The highest BCUT2D eigenvalue weighted by molar-refractivity contribution is 6.09. The molecule has 84 valence electrons. The summed E-state index contributed by atoms with van der Waals surface area (Å²) in [4.78, 5) is 11.2. The Morgan fingerprint density at radius 1 is 1.44 bits per heavy atom. The van der Waals surface area contributed by atoms with Crippen LogP contribution >= 0.6 is 0 Å². The highest BCUT2D eigenvalue weighted by Gasteiger charge is 2.07. The van der Waals surface area contributed by atoms with E-state index in [0.717, 1.165) is 0 Å². The lowest BCUT2D eigenvalue weighted by atomic mass is 10.1. The van der Waals surface area contributed by atoms with Crippen LogP contribution in [0.25, 0.3) is 0 Å². The van der Waals surface area contributed by atoms with Gasteiger partial charge in [-0.05, 0) is 18.6 Å². The molecule has 0 aliphatic rings. The molecule has 0 saturated heterocycles. The van der Waals surface area contributed by atoms with Crippen LogP contribution in [-0.2, 0) is 9.53 Å². The van der Waals surface area contributed by atoms with Gasteiger partial charge in [0.25, 0.3) is 0 Å². The lowest BCUT2D eigenvalue weighted by Crippen LogP contribution is -2.16. The fourth-order valence-corrected chi connectivity index (χ4v) is 1.13. The van der Waals surface area contributed by atoms with Crippen LogP contribution in [0.15, 0.2) is 42.1 Å². The van der Waals surface area contributed by atoms with Gasteiger partial charge in [-0.3, -0.25) is 0 Å². The maximum absolute atomic E-state index is 11.2. The lowest BCUT2D eigenvalue weighted by Gasteiger charge is -2.02. The Kier molecular flexibility index (Phi) is 4.27. The minimum absolute atomic E-state index is 0.0595. The van der Waals surface area contributed by atoms with Gasteiger partial charge < -0.3 is 15.9 Å². The van der Waals surface area contributed by atoms with E-state index in [2.05, 4.69) is 0 Å². The second kappa shape index (κ2) is 5.70. The quantitative estimate of drug-likeness (QED) is 0.456. The smallest absolute Gasteiger partial charge is 0.354 e. The predicted octanol–water partition coefficient (Wildman–Crippen LogP) is 1.46. The molecule has 4 heteroatoms. The molecule has 0 atom stereocenters. The summed E-state index contributed by atoms with van der Waals surface area (Å²) in [5, 5.41) is 7.72. The van der Waals surface area contributed by atoms with Crippen LogP contribution in [0.3, 0.4) is 0 Å². The first-order chi connectivity index (χ1) is 7.65. The maximum Gasteiger partial charge on any atom is 0.354 e. The van der Waals surface area contributed by atoms with E-state index in [0.29, 0.717) is 5.56 Å². The monoisotopic (exact) mass is 218 g/mol. The number of carbonyl (C=O) groups is 1. The molecule has 0 unspecified atom stereocenters. The van der Waals surface area contributed by atoms with Gasteiger partial charge in [0.15, 0.2) is 0 Å². The molecule has 1 aromatic carbocycles. The molecule has 0 fully saturated rings. The molecule has 0 radical (unpaired) electrons. The normalized spacial score (nSPS) is 10.9. The summed E-state index contributed by atoms with van der Waals surface area (Å²) >= 11 is 0. The summed E-state index contributed by atoms with van der Waals surface area (Å²) < 4.78 is 4.71. The number of benzene rings is 1. The van der Waals surface area contributed by atoms with Gasteiger partial charge in [0, 0.05) is 0 Å². The number of ether oxygens (including phenoxy) is 1. The first-order valence-electron chi connectivity index (χ1n) is 4.93. The standard InChI is InChI=1S/C12H14N2O2/c1-2-16-12(15)11(14)8-10(13)9-6-4-3-5-7-9/h3-8,13H,2,14H2,1H3/b11-8-,13-10?. The van der Waals surface area contributed by atoms with E-state index in [1.165, 1.54) is 6.08 Å². The Labute approximate surface area is 94.2 Å². The predicted molar refractivity (Wildman–Crippen MR) is 62.2 cm³/mol. The van der Waals surface area contributed by atoms with E-state index in [1.807, 2.05) is 18.2 Å². The molecule has 0 aromatic heterocycles. The largest absolute Gasteiger partial charge is 0.461 e. The molecular formula is C12H14N2O2. The van der Waals surface area contributed by atoms with Crippen molar-refractivity contribution < 1.29 is 9.53 Å². The van der Waals surface area contributed by atoms with Crippen molar-refractivity contribution in [2.75, 3.05) is 6.61 Å². The van der Waals surface area contributed by atoms with Crippen molar-refractivity contribution in [1.29, 1.82) is 5.41 Å². The third-order valence-corrected chi connectivity index (χ3v) is 1.90. The molecule has 3 N–H and O–H groups in total. The average Bonchev–Trinajstić information content (AvgIpc) is 2.30. The highest BCUT2D eigenvalue weighted by Crippen LogP contribution is 2.02. The van der Waals surface area contributed by atoms with Gasteiger partial charge in [-0.1, -0.05) is 30.3 Å². The second-order valence-corrected chi connectivity index (χ2v) is 3.10. The van der Waals surface area contributed by atoms with Crippen LogP contribution in [0.1, 0.15) is 12.5 Å². The van der Waals surface area contributed by atoms with Gasteiger partial charge in [0.1, 0.15) is 5.70 Å². The van der Waals surface area contributed by atoms with Gasteiger partial charge in [-0.2, -0.15) is 0 Å². The summed E-state index contributed by atoms with van der Waals surface area (Å²) in [6.45, 7) is 1.97. The van der Waals surface area contributed by atoms with Gasteiger partial charge in [-0.15, -0.1) is 0 Å². The minimum Gasteiger partial charge on any atom is -0.461 e. The summed E-state index contributed by atoms with van der Waals surface area (Å²) in [5.41, 5.74) is 6.32. The average molecular weight is 218 g/mol. The molecule has 0 amide bonds. The minimum atomic E-state index is -0.594. The topological polar surface area (TPSA) is 76.2 Å². The molecule has 0 saturated carbocycles. The van der Waals surface area contributed by atoms with Gasteiger partial charge >= 0.3 is 5.97 Å². The van der Waals surface area contributed by atoms with Crippen LogP contribution in [0.2, 0.25) is 0 Å². The zero-order valence-electron chi connectivity index (χ0n) is 9.07. The molecule has 16 heavy (non-hydrogen) atoms. The van der Waals surface area contributed by atoms with Crippen molar-refractivity contribution in [2.45, 2.75) is 6.92 Å². The molecule has 1 aromatic rings. The summed E-state index contributed by atoms with van der Waals surface area (Å²) in [7, 11) is 0. The number of hydrogen-bond donors (Lipinski definition) is 2. The number of nitrogens with one attached hydrogen (secondary N) is 1. The number of esters is 1. The SMILES string of the molecule is CCOC(=O)/C(N)=C/C(=N)c1ccccc1. The Morgan fingerprint density at radius 2 is 2.06 bits per heavy atom. The zero-order chi connectivity index (χ0) is 12.0. The third-order valence-electron chi connectivity index (χ3n) is 1.90. The Bertz CT molecular complexity index is 410. The Morgan fingerprint density at radius 3 is 2.62 bits per heavy atom. The van der Waals surface area contributed by atoms with Crippen molar-refractivity contribution in [2.24, 2.45) is 5.73 Å². The van der Waals surface area contributed by atoms with Crippen LogP contribution in [0, 0.1) is 5.41 Å². The van der Waals surface area contributed by atoms with Crippen molar-refractivity contribution >= 4 is 11.7 Å².